The zero-order chi connectivity index (χ0) is 30.4. The summed E-state index contributed by atoms with van der Waals surface area (Å²) < 4.78 is 4.57. The molecular weight excluding hydrogens is 544 g/mol. The molecule has 0 aliphatic heterocycles. The van der Waals surface area contributed by atoms with E-state index < -0.39 is 23.1 Å². The van der Waals surface area contributed by atoms with E-state index in [1.54, 1.807) is 62.1 Å². The average molecular weight is 575 g/mol. The van der Waals surface area contributed by atoms with Crippen LogP contribution in [0.2, 0.25) is 0 Å². The third-order valence-electron chi connectivity index (χ3n) is 8.11. The van der Waals surface area contributed by atoms with Crippen LogP contribution in [0.15, 0.2) is 101 Å². The molecule has 0 unspecified atom stereocenters. The summed E-state index contributed by atoms with van der Waals surface area (Å²) in [5.41, 5.74) is 1.08. The van der Waals surface area contributed by atoms with Gasteiger partial charge in [-0.15, -0.1) is 0 Å². The van der Waals surface area contributed by atoms with Crippen LogP contribution in [0.3, 0.4) is 0 Å². The Kier molecular flexibility index (Phi) is 6.85. The number of nitrogens with zero attached hydrogens (tertiary/aromatic N) is 3. The molecule has 6 rings (SSSR count). The topological polar surface area (TPSA) is 118 Å². The minimum Gasteiger partial charge on any atom is -0.508 e. The third-order valence-corrected chi connectivity index (χ3v) is 8.11. The first-order valence-electron chi connectivity index (χ1n) is 13.8. The van der Waals surface area contributed by atoms with Crippen LogP contribution in [0.4, 0.5) is 5.69 Å². The number of phenolic OH excluding ortho intramolecular Hbond substituents is 1. The Morgan fingerprint density at radius 3 is 2.21 bits per heavy atom. The summed E-state index contributed by atoms with van der Waals surface area (Å²) in [4.78, 5) is 41.2. The van der Waals surface area contributed by atoms with Crippen LogP contribution in [-0.2, 0) is 14.1 Å². The van der Waals surface area contributed by atoms with Gasteiger partial charge in [0.2, 0.25) is 0 Å². The summed E-state index contributed by atoms with van der Waals surface area (Å²) in [6.45, 7) is 1.79. The van der Waals surface area contributed by atoms with Crippen molar-refractivity contribution in [2.45, 2.75) is 19.4 Å². The van der Waals surface area contributed by atoms with Crippen molar-refractivity contribution < 1.29 is 15.0 Å². The molecule has 3 N–H and O–H groups in total. The van der Waals surface area contributed by atoms with Crippen molar-refractivity contribution in [3.63, 3.8) is 0 Å². The van der Waals surface area contributed by atoms with E-state index in [1.165, 1.54) is 9.25 Å². The number of aromatic nitrogens is 3. The van der Waals surface area contributed by atoms with Gasteiger partial charge in [0.1, 0.15) is 22.7 Å². The molecule has 0 saturated carbocycles. The molecule has 43 heavy (non-hydrogen) atoms. The van der Waals surface area contributed by atoms with E-state index in [0.717, 1.165) is 5.39 Å². The maximum atomic E-state index is 14.0. The Morgan fingerprint density at radius 1 is 0.814 bits per heavy atom. The highest BCUT2D eigenvalue weighted by molar-refractivity contribution is 6.04. The summed E-state index contributed by atoms with van der Waals surface area (Å²) in [6.07, 6.45) is -0.332. The Hall–Kier alpha value is -5.57. The molecule has 1 atom stereocenters. The van der Waals surface area contributed by atoms with Gasteiger partial charge in [-0.3, -0.25) is 19.1 Å². The first-order valence-corrected chi connectivity index (χ1v) is 13.8. The van der Waals surface area contributed by atoms with Crippen molar-refractivity contribution in [3.05, 3.63) is 129 Å². The molecule has 0 radical (unpaired) electrons. The number of hydrogen-bond donors (Lipinski definition) is 3. The smallest absolute Gasteiger partial charge is 0.295 e. The van der Waals surface area contributed by atoms with Crippen LogP contribution in [0, 0.1) is 6.92 Å². The van der Waals surface area contributed by atoms with E-state index in [0.29, 0.717) is 33.2 Å². The van der Waals surface area contributed by atoms with E-state index >= 15 is 0 Å². The lowest BCUT2D eigenvalue weighted by molar-refractivity contribution is 0.0972. The predicted octanol–water partition coefficient (Wildman–Crippen LogP) is 5.33. The van der Waals surface area contributed by atoms with Crippen LogP contribution >= 0.6 is 0 Å². The van der Waals surface area contributed by atoms with Gasteiger partial charge < -0.3 is 20.1 Å². The highest BCUT2D eigenvalue weighted by Crippen LogP contribution is 2.37. The highest BCUT2D eigenvalue weighted by atomic mass is 16.3. The molecule has 0 aliphatic rings. The van der Waals surface area contributed by atoms with Gasteiger partial charge in [0.15, 0.2) is 5.78 Å². The molecule has 0 fully saturated rings. The quantitative estimate of drug-likeness (QED) is 0.222. The fourth-order valence-electron chi connectivity index (χ4n) is 5.80. The van der Waals surface area contributed by atoms with Crippen LogP contribution in [-0.4, -0.2) is 29.9 Å². The van der Waals surface area contributed by atoms with Crippen molar-refractivity contribution in [1.82, 2.24) is 13.9 Å². The number of aryl methyl sites for hydroxylation is 1. The molecule has 9 nitrogen and oxygen atoms in total. The normalized spacial score (nSPS) is 12.1. The maximum Gasteiger partial charge on any atom is 0.295 e. The zero-order valence-electron chi connectivity index (χ0n) is 23.9. The number of benzene rings is 4. The van der Waals surface area contributed by atoms with E-state index in [-0.39, 0.29) is 29.0 Å². The number of Topliss-reactive ketones (excluding diaryl/α,β-unsaturated/α-hetero) is 1. The van der Waals surface area contributed by atoms with Crippen molar-refractivity contribution in [2.75, 3.05) is 5.32 Å². The first kappa shape index (κ1) is 27.6. The minimum absolute atomic E-state index is 0.0726. The largest absolute Gasteiger partial charge is 0.508 e. The SMILES string of the molecule is Cc1c(N[C@H](CC(=O)c2c(O)c3ccccc3n(C)c2=O)c2c(O)ccc3ccccc23)c(=O)n(-c2ccccc2)n1C. The van der Waals surface area contributed by atoms with Gasteiger partial charge in [-0.1, -0.05) is 60.7 Å². The molecule has 9 heteroatoms. The fraction of sp³-hybridized carbons (Fsp3) is 0.147. The van der Waals surface area contributed by atoms with E-state index in [1.807, 2.05) is 54.6 Å². The number of ketones is 1. The molecule has 0 saturated heterocycles. The number of carbonyl (C=O) groups excluding carboxylic acids is 1. The Labute approximate surface area is 246 Å². The molecule has 6 aromatic rings. The molecule has 0 bridgehead atoms. The second-order valence-electron chi connectivity index (χ2n) is 10.6. The maximum absolute atomic E-state index is 14.0. The predicted molar refractivity (Wildman–Crippen MR) is 168 cm³/mol. The summed E-state index contributed by atoms with van der Waals surface area (Å²) in [5, 5.41) is 27.4. The minimum atomic E-state index is -0.938. The summed E-state index contributed by atoms with van der Waals surface area (Å²) in [7, 11) is 3.31. The lowest BCUT2D eigenvalue weighted by Crippen LogP contribution is -2.28. The molecule has 0 amide bonds. The zero-order valence-corrected chi connectivity index (χ0v) is 23.9. The first-order chi connectivity index (χ1) is 20.7. The van der Waals surface area contributed by atoms with Gasteiger partial charge in [0, 0.05) is 31.5 Å². The number of carbonyl (C=O) groups is 1. The number of pyridine rings is 1. The molecule has 4 aromatic carbocycles. The number of rotatable bonds is 7. The molecule has 0 spiro atoms. The van der Waals surface area contributed by atoms with Gasteiger partial charge in [0.25, 0.3) is 11.1 Å². The van der Waals surface area contributed by atoms with E-state index in [9.17, 15) is 24.6 Å². The van der Waals surface area contributed by atoms with Gasteiger partial charge >= 0.3 is 0 Å². The summed E-state index contributed by atoms with van der Waals surface area (Å²) >= 11 is 0. The number of hydrogen-bond acceptors (Lipinski definition) is 6. The van der Waals surface area contributed by atoms with E-state index in [2.05, 4.69) is 5.32 Å². The van der Waals surface area contributed by atoms with Crippen molar-refractivity contribution in [3.8, 4) is 17.2 Å². The van der Waals surface area contributed by atoms with Gasteiger partial charge in [-0.2, -0.15) is 0 Å². The van der Waals surface area contributed by atoms with Gasteiger partial charge in [-0.05, 0) is 48.0 Å². The number of aromatic hydroxyl groups is 2. The summed E-state index contributed by atoms with van der Waals surface area (Å²) in [5.74, 6) is -1.10. The van der Waals surface area contributed by atoms with Crippen LogP contribution in [0.1, 0.15) is 34.1 Å². The standard InChI is InChI=1S/C34H30N4O5/c1-20-31(34(43)38(37(20)3)22-12-5-4-6-13-22)35-25(29-23-14-8-7-11-21(23)17-18-27(29)39)19-28(40)30-32(41)24-15-9-10-16-26(24)36(2)33(30)42/h4-18,25,35,39,41H,19H2,1-3H3/t25-/m1/s1. The third kappa shape index (κ3) is 4.55. The second-order valence-corrected chi connectivity index (χ2v) is 10.6. The Bertz CT molecular complexity index is 2160. The van der Waals surface area contributed by atoms with Crippen LogP contribution < -0.4 is 16.4 Å². The number of phenols is 1. The van der Waals surface area contributed by atoms with Crippen LogP contribution in [0.5, 0.6) is 11.5 Å². The molecule has 216 valence electrons. The number of fused-ring (bicyclic) bond motifs is 2. The van der Waals surface area contributed by atoms with Crippen LogP contribution in [0.25, 0.3) is 27.4 Å². The highest BCUT2D eigenvalue weighted by Gasteiger charge is 2.29. The number of nitrogens with one attached hydrogen (secondary N) is 1. The average Bonchev–Trinajstić information content (AvgIpc) is 3.22. The number of para-hydroxylation sites is 2. The molecule has 2 heterocycles. The lowest BCUT2D eigenvalue weighted by atomic mass is 9.92. The molecular formula is C34H30N4O5. The van der Waals surface area contributed by atoms with Crippen molar-refractivity contribution >= 4 is 33.1 Å². The molecule has 0 aliphatic carbocycles. The summed E-state index contributed by atoms with van der Waals surface area (Å²) in [6, 6.07) is 25.8. The fourth-order valence-corrected chi connectivity index (χ4v) is 5.80. The monoisotopic (exact) mass is 574 g/mol. The van der Waals surface area contributed by atoms with E-state index in [4.69, 9.17) is 0 Å². The Morgan fingerprint density at radius 2 is 1.47 bits per heavy atom. The van der Waals surface area contributed by atoms with Crippen molar-refractivity contribution in [2.24, 2.45) is 14.1 Å². The van der Waals surface area contributed by atoms with Gasteiger partial charge in [-0.25, -0.2) is 4.68 Å². The number of anilines is 1. The van der Waals surface area contributed by atoms with Gasteiger partial charge in [0.05, 0.1) is 22.9 Å². The molecule has 2 aromatic heterocycles. The second kappa shape index (κ2) is 10.7. The Balaban J connectivity index is 1.52. The van der Waals surface area contributed by atoms with Crippen molar-refractivity contribution in [1.29, 1.82) is 0 Å². The lowest BCUT2D eigenvalue weighted by Gasteiger charge is -2.22.